The monoisotopic (exact) mass is 544 g/mol. The van der Waals surface area contributed by atoms with Crippen molar-refractivity contribution in [2.45, 2.75) is 51.1 Å². The minimum absolute atomic E-state index is 0.0285. The van der Waals surface area contributed by atoms with Gasteiger partial charge in [0.2, 0.25) is 5.91 Å². The first-order chi connectivity index (χ1) is 19.4. The maximum absolute atomic E-state index is 13.6. The van der Waals surface area contributed by atoms with E-state index in [1.54, 1.807) is 28.4 Å². The Hall–Kier alpha value is -3.71. The van der Waals surface area contributed by atoms with Gasteiger partial charge in [0.1, 0.15) is 0 Å². The lowest BCUT2D eigenvalue weighted by atomic mass is 9.92. The molecule has 0 radical (unpaired) electrons. The fourth-order valence-corrected chi connectivity index (χ4v) is 6.36. The van der Waals surface area contributed by atoms with Crippen molar-refractivity contribution in [2.75, 3.05) is 41.5 Å². The van der Waals surface area contributed by atoms with E-state index in [9.17, 15) is 4.79 Å². The second-order valence-corrected chi connectivity index (χ2v) is 10.7. The molecule has 212 valence electrons. The maximum Gasteiger partial charge on any atom is 0.234 e. The van der Waals surface area contributed by atoms with E-state index in [4.69, 9.17) is 18.9 Å². The minimum Gasteiger partial charge on any atom is -0.493 e. The molecule has 1 amide bonds. The molecule has 0 saturated carbocycles. The summed E-state index contributed by atoms with van der Waals surface area (Å²) in [6, 6.07) is 16.7. The largest absolute Gasteiger partial charge is 0.493 e. The second kappa shape index (κ2) is 12.2. The van der Waals surface area contributed by atoms with Gasteiger partial charge in [-0.25, -0.2) is 0 Å². The number of aryl methyl sites for hydroxylation is 2. The van der Waals surface area contributed by atoms with Crippen molar-refractivity contribution in [1.82, 2.24) is 10.2 Å². The SMILES string of the molecule is COc1ccc(CC2c3cc(OC)c(OC)cc3CCCN2CC(=O)NC2CCc3c(C)cccc32)cc1OC. The number of carbonyl (C=O) groups is 1. The molecule has 2 aliphatic rings. The number of carbonyl (C=O) groups excluding carboxylic acids is 1. The Morgan fingerprint density at radius 2 is 1.60 bits per heavy atom. The molecule has 2 unspecified atom stereocenters. The molecule has 0 saturated heterocycles. The lowest BCUT2D eigenvalue weighted by Crippen LogP contribution is -2.41. The van der Waals surface area contributed by atoms with Crippen LogP contribution in [0.4, 0.5) is 0 Å². The number of rotatable bonds is 9. The normalized spacial score (nSPS) is 18.3. The number of ether oxygens (including phenoxy) is 4. The number of hydrogen-bond acceptors (Lipinski definition) is 6. The highest BCUT2D eigenvalue weighted by molar-refractivity contribution is 5.79. The zero-order valence-electron chi connectivity index (χ0n) is 24.2. The molecule has 2 atom stereocenters. The molecule has 3 aromatic carbocycles. The molecule has 1 heterocycles. The van der Waals surface area contributed by atoms with Crippen LogP contribution < -0.4 is 24.3 Å². The third-order valence-corrected chi connectivity index (χ3v) is 8.40. The molecule has 1 aliphatic heterocycles. The average Bonchev–Trinajstić information content (AvgIpc) is 3.31. The smallest absolute Gasteiger partial charge is 0.234 e. The quantitative estimate of drug-likeness (QED) is 0.391. The van der Waals surface area contributed by atoms with Crippen molar-refractivity contribution >= 4 is 5.91 Å². The van der Waals surface area contributed by atoms with Crippen LogP contribution >= 0.6 is 0 Å². The maximum atomic E-state index is 13.6. The molecule has 0 aromatic heterocycles. The second-order valence-electron chi connectivity index (χ2n) is 10.7. The van der Waals surface area contributed by atoms with Gasteiger partial charge in [-0.2, -0.15) is 0 Å². The van der Waals surface area contributed by atoms with Gasteiger partial charge in [0.25, 0.3) is 0 Å². The fraction of sp³-hybridized carbons (Fsp3) is 0.424. The molecule has 40 heavy (non-hydrogen) atoms. The molecule has 1 aliphatic carbocycles. The average molecular weight is 545 g/mol. The van der Waals surface area contributed by atoms with E-state index in [1.165, 1.54) is 27.8 Å². The van der Waals surface area contributed by atoms with E-state index in [0.717, 1.165) is 43.5 Å². The van der Waals surface area contributed by atoms with Gasteiger partial charge in [0.05, 0.1) is 41.0 Å². The predicted molar refractivity (Wildman–Crippen MR) is 156 cm³/mol. The van der Waals surface area contributed by atoms with E-state index in [0.29, 0.717) is 30.2 Å². The zero-order valence-corrected chi connectivity index (χ0v) is 24.2. The highest BCUT2D eigenvalue weighted by Crippen LogP contribution is 2.40. The Labute approximate surface area is 237 Å². The lowest BCUT2D eigenvalue weighted by molar-refractivity contribution is -0.123. The van der Waals surface area contributed by atoms with Crippen LogP contribution in [-0.2, 0) is 24.1 Å². The molecular formula is C33H40N2O5. The molecule has 5 rings (SSSR count). The third kappa shape index (κ3) is 5.61. The van der Waals surface area contributed by atoms with Crippen molar-refractivity contribution in [3.8, 4) is 23.0 Å². The third-order valence-electron chi connectivity index (χ3n) is 8.40. The van der Waals surface area contributed by atoms with Crippen LogP contribution in [0.2, 0.25) is 0 Å². The van der Waals surface area contributed by atoms with Gasteiger partial charge in [-0.05, 0) is 103 Å². The molecule has 7 heteroatoms. The van der Waals surface area contributed by atoms with Crippen molar-refractivity contribution in [1.29, 1.82) is 0 Å². The van der Waals surface area contributed by atoms with Crippen LogP contribution in [0.25, 0.3) is 0 Å². The van der Waals surface area contributed by atoms with Crippen LogP contribution in [-0.4, -0.2) is 52.3 Å². The number of hydrogen-bond donors (Lipinski definition) is 1. The van der Waals surface area contributed by atoms with Gasteiger partial charge in [0.15, 0.2) is 23.0 Å². The van der Waals surface area contributed by atoms with Gasteiger partial charge < -0.3 is 24.3 Å². The highest BCUT2D eigenvalue weighted by Gasteiger charge is 2.31. The summed E-state index contributed by atoms with van der Waals surface area (Å²) in [4.78, 5) is 15.9. The Balaban J connectivity index is 1.45. The Bertz CT molecular complexity index is 1370. The van der Waals surface area contributed by atoms with E-state index < -0.39 is 0 Å². The number of methoxy groups -OCH3 is 4. The number of nitrogens with one attached hydrogen (secondary N) is 1. The van der Waals surface area contributed by atoms with E-state index >= 15 is 0 Å². The summed E-state index contributed by atoms with van der Waals surface area (Å²) < 4.78 is 22.4. The Morgan fingerprint density at radius 1 is 0.875 bits per heavy atom. The molecule has 3 aromatic rings. The van der Waals surface area contributed by atoms with Gasteiger partial charge in [-0.3, -0.25) is 9.69 Å². The van der Waals surface area contributed by atoms with Crippen LogP contribution in [0.5, 0.6) is 23.0 Å². The standard InChI is InChI=1S/C33H40N2O5/c1-21-8-6-10-25-24(21)12-13-27(25)34-33(36)20-35-15-7-9-23-18-31(39-4)32(40-5)19-26(23)28(35)16-22-11-14-29(37-2)30(17-22)38-3/h6,8,10-11,14,17-19,27-28H,7,9,12-13,15-16,20H2,1-5H3,(H,34,36). The van der Waals surface area contributed by atoms with Crippen molar-refractivity contribution in [3.63, 3.8) is 0 Å². The first-order valence-corrected chi connectivity index (χ1v) is 14.0. The lowest BCUT2D eigenvalue weighted by Gasteiger charge is -2.32. The molecule has 1 N–H and O–H groups in total. The Morgan fingerprint density at radius 3 is 2.35 bits per heavy atom. The van der Waals surface area contributed by atoms with Crippen LogP contribution in [0.1, 0.15) is 58.3 Å². The summed E-state index contributed by atoms with van der Waals surface area (Å²) in [5.74, 6) is 2.87. The minimum atomic E-state index is -0.0285. The van der Waals surface area contributed by atoms with Crippen molar-refractivity contribution in [2.24, 2.45) is 0 Å². The Kier molecular flexibility index (Phi) is 8.50. The number of amides is 1. The number of benzene rings is 3. The van der Waals surface area contributed by atoms with Gasteiger partial charge in [0, 0.05) is 6.04 Å². The van der Waals surface area contributed by atoms with Gasteiger partial charge >= 0.3 is 0 Å². The molecule has 0 fully saturated rings. The molecular weight excluding hydrogens is 504 g/mol. The zero-order chi connectivity index (χ0) is 28.2. The van der Waals surface area contributed by atoms with E-state index in [-0.39, 0.29) is 18.0 Å². The summed E-state index contributed by atoms with van der Waals surface area (Å²) >= 11 is 0. The van der Waals surface area contributed by atoms with Crippen molar-refractivity contribution < 1.29 is 23.7 Å². The first kappa shape index (κ1) is 27.8. The summed E-state index contributed by atoms with van der Waals surface area (Å²) in [5, 5.41) is 3.35. The molecule has 0 bridgehead atoms. The topological polar surface area (TPSA) is 69.3 Å². The number of nitrogens with zero attached hydrogens (tertiary/aromatic N) is 1. The summed E-state index contributed by atoms with van der Waals surface area (Å²) in [7, 11) is 6.63. The van der Waals surface area contributed by atoms with E-state index in [2.05, 4.69) is 53.5 Å². The molecule has 7 nitrogen and oxygen atoms in total. The van der Waals surface area contributed by atoms with Crippen LogP contribution in [0, 0.1) is 6.92 Å². The summed E-state index contributed by atoms with van der Waals surface area (Å²) in [6.07, 6.45) is 4.52. The van der Waals surface area contributed by atoms with Gasteiger partial charge in [-0.15, -0.1) is 0 Å². The first-order valence-electron chi connectivity index (χ1n) is 14.0. The van der Waals surface area contributed by atoms with Crippen molar-refractivity contribution in [3.05, 3.63) is 81.9 Å². The van der Waals surface area contributed by atoms with Crippen LogP contribution in [0.3, 0.4) is 0 Å². The molecule has 0 spiro atoms. The summed E-state index contributed by atoms with van der Waals surface area (Å²) in [6.45, 7) is 3.29. The predicted octanol–water partition coefficient (Wildman–Crippen LogP) is 5.37. The highest BCUT2D eigenvalue weighted by atomic mass is 16.5. The van der Waals surface area contributed by atoms with Crippen LogP contribution in [0.15, 0.2) is 48.5 Å². The van der Waals surface area contributed by atoms with Gasteiger partial charge in [-0.1, -0.05) is 24.3 Å². The van der Waals surface area contributed by atoms with E-state index in [1.807, 2.05) is 12.1 Å². The fourth-order valence-electron chi connectivity index (χ4n) is 6.36. The number of fused-ring (bicyclic) bond motifs is 2. The summed E-state index contributed by atoms with van der Waals surface area (Å²) in [5.41, 5.74) is 7.44.